The zero-order valence-electron chi connectivity index (χ0n) is 15.3. The van der Waals surface area contributed by atoms with Crippen molar-refractivity contribution in [2.75, 3.05) is 14.2 Å². The molecule has 1 aromatic heterocycles. The zero-order chi connectivity index (χ0) is 18.5. The number of benzene rings is 2. The number of hydrogen-bond donors (Lipinski definition) is 1. The monoisotopic (exact) mass is 348 g/mol. The van der Waals surface area contributed by atoms with Gasteiger partial charge in [0.05, 0.1) is 12.6 Å². The summed E-state index contributed by atoms with van der Waals surface area (Å²) in [6, 6.07) is 14.2. The maximum Gasteiger partial charge on any atom is 0.161 e. The summed E-state index contributed by atoms with van der Waals surface area (Å²) >= 11 is 0. The standard InChI is InChI=1S/C22H24N2O2/c1-4-7-17-12-16(13-21(26-3)22(17)25)14-24(2)15-18-8-5-10-20-19(18)9-6-11-23-20/h4-6,8-13,25H,1,7,14-15H2,2-3H3. The smallest absolute Gasteiger partial charge is 0.161 e. The van der Waals surface area contributed by atoms with Crippen molar-refractivity contribution in [2.24, 2.45) is 0 Å². The van der Waals surface area contributed by atoms with Gasteiger partial charge in [-0.15, -0.1) is 6.58 Å². The minimum absolute atomic E-state index is 0.193. The fourth-order valence-electron chi connectivity index (χ4n) is 3.25. The van der Waals surface area contributed by atoms with E-state index < -0.39 is 0 Å². The van der Waals surface area contributed by atoms with E-state index in [0.717, 1.165) is 29.7 Å². The number of ether oxygens (including phenoxy) is 1. The van der Waals surface area contributed by atoms with Crippen LogP contribution in [0.5, 0.6) is 11.5 Å². The van der Waals surface area contributed by atoms with Crippen molar-refractivity contribution < 1.29 is 9.84 Å². The number of hydrogen-bond acceptors (Lipinski definition) is 4. The van der Waals surface area contributed by atoms with E-state index in [1.54, 1.807) is 13.2 Å². The highest BCUT2D eigenvalue weighted by Gasteiger charge is 2.12. The molecule has 0 fully saturated rings. The third-order valence-corrected chi connectivity index (χ3v) is 4.43. The van der Waals surface area contributed by atoms with Crippen LogP contribution >= 0.6 is 0 Å². The van der Waals surface area contributed by atoms with Gasteiger partial charge in [0, 0.05) is 30.2 Å². The minimum atomic E-state index is 0.193. The van der Waals surface area contributed by atoms with E-state index in [0.29, 0.717) is 12.2 Å². The molecule has 0 aliphatic heterocycles. The van der Waals surface area contributed by atoms with Gasteiger partial charge < -0.3 is 9.84 Å². The lowest BCUT2D eigenvalue weighted by atomic mass is 10.0. The molecule has 0 spiro atoms. The van der Waals surface area contributed by atoms with Gasteiger partial charge in [0.2, 0.25) is 0 Å². The topological polar surface area (TPSA) is 45.6 Å². The first-order chi connectivity index (χ1) is 12.6. The van der Waals surface area contributed by atoms with Gasteiger partial charge >= 0.3 is 0 Å². The molecule has 134 valence electrons. The second-order valence-electron chi connectivity index (χ2n) is 6.46. The molecule has 1 N–H and O–H groups in total. The van der Waals surface area contributed by atoms with Gasteiger partial charge in [0.25, 0.3) is 0 Å². The Balaban J connectivity index is 1.82. The summed E-state index contributed by atoms with van der Waals surface area (Å²) in [6.07, 6.45) is 4.21. The van der Waals surface area contributed by atoms with E-state index in [1.807, 2.05) is 36.5 Å². The zero-order valence-corrected chi connectivity index (χ0v) is 15.3. The minimum Gasteiger partial charge on any atom is -0.504 e. The van der Waals surface area contributed by atoms with Crippen molar-refractivity contribution in [3.05, 3.63) is 78.0 Å². The van der Waals surface area contributed by atoms with Crippen LogP contribution < -0.4 is 4.74 Å². The molecule has 1 heterocycles. The highest BCUT2D eigenvalue weighted by Crippen LogP contribution is 2.32. The van der Waals surface area contributed by atoms with Crippen molar-refractivity contribution >= 4 is 10.9 Å². The molecule has 0 bridgehead atoms. The van der Waals surface area contributed by atoms with Crippen molar-refractivity contribution in [3.8, 4) is 11.5 Å². The SMILES string of the molecule is C=CCc1cc(CN(C)Cc2cccc3ncccc23)cc(OC)c1O. The Bertz CT molecular complexity index is 916. The summed E-state index contributed by atoms with van der Waals surface area (Å²) in [5.41, 5.74) is 4.18. The van der Waals surface area contributed by atoms with Crippen molar-refractivity contribution in [1.82, 2.24) is 9.88 Å². The quantitative estimate of drug-likeness (QED) is 0.646. The molecule has 3 rings (SSSR count). The number of phenols is 1. The van der Waals surface area contributed by atoms with Gasteiger partial charge in [-0.2, -0.15) is 0 Å². The van der Waals surface area contributed by atoms with Crippen LogP contribution in [0.25, 0.3) is 10.9 Å². The van der Waals surface area contributed by atoms with Crippen LogP contribution in [-0.4, -0.2) is 29.1 Å². The van der Waals surface area contributed by atoms with Crippen LogP contribution in [0.4, 0.5) is 0 Å². The average Bonchev–Trinajstić information content (AvgIpc) is 2.64. The van der Waals surface area contributed by atoms with Gasteiger partial charge in [-0.1, -0.05) is 30.3 Å². The third kappa shape index (κ3) is 3.86. The van der Waals surface area contributed by atoms with Gasteiger partial charge in [-0.3, -0.25) is 9.88 Å². The Labute approximate surface area is 154 Å². The lowest BCUT2D eigenvalue weighted by Crippen LogP contribution is -2.17. The Hall–Kier alpha value is -2.85. The molecule has 0 radical (unpaired) electrons. The second-order valence-corrected chi connectivity index (χ2v) is 6.46. The lowest BCUT2D eigenvalue weighted by Gasteiger charge is -2.19. The number of pyridine rings is 1. The summed E-state index contributed by atoms with van der Waals surface area (Å²) in [4.78, 5) is 6.67. The van der Waals surface area contributed by atoms with Crippen LogP contribution in [0.15, 0.2) is 61.3 Å². The molecule has 0 atom stereocenters. The summed E-state index contributed by atoms with van der Waals surface area (Å²) < 4.78 is 5.32. The van der Waals surface area contributed by atoms with Crippen molar-refractivity contribution in [2.45, 2.75) is 19.5 Å². The highest BCUT2D eigenvalue weighted by molar-refractivity contribution is 5.81. The van der Waals surface area contributed by atoms with Gasteiger partial charge in [-0.05, 0) is 42.8 Å². The van der Waals surface area contributed by atoms with E-state index >= 15 is 0 Å². The number of phenolic OH excluding ortho intramolecular Hbond substituents is 1. The molecule has 0 unspecified atom stereocenters. The first kappa shape index (κ1) is 18.0. The van der Waals surface area contributed by atoms with Crippen LogP contribution in [0.1, 0.15) is 16.7 Å². The molecule has 0 aliphatic carbocycles. The number of allylic oxidation sites excluding steroid dienone is 1. The largest absolute Gasteiger partial charge is 0.504 e. The molecular formula is C22H24N2O2. The van der Waals surface area contributed by atoms with Crippen LogP contribution in [-0.2, 0) is 19.5 Å². The van der Waals surface area contributed by atoms with E-state index in [-0.39, 0.29) is 5.75 Å². The number of aromatic hydroxyl groups is 1. The summed E-state index contributed by atoms with van der Waals surface area (Å²) in [7, 11) is 3.66. The Morgan fingerprint density at radius 1 is 1.15 bits per heavy atom. The predicted octanol–water partition coefficient (Wildman–Crippen LogP) is 4.31. The third-order valence-electron chi connectivity index (χ3n) is 4.43. The normalized spacial score (nSPS) is 11.0. The number of aromatic nitrogens is 1. The first-order valence-corrected chi connectivity index (χ1v) is 8.63. The van der Waals surface area contributed by atoms with Gasteiger partial charge in [0.1, 0.15) is 0 Å². The fraction of sp³-hybridized carbons (Fsp3) is 0.227. The van der Waals surface area contributed by atoms with Gasteiger partial charge in [0.15, 0.2) is 11.5 Å². The number of methoxy groups -OCH3 is 1. The molecule has 0 aliphatic rings. The van der Waals surface area contributed by atoms with E-state index in [1.165, 1.54) is 10.9 Å². The predicted molar refractivity (Wildman–Crippen MR) is 105 cm³/mol. The first-order valence-electron chi connectivity index (χ1n) is 8.63. The number of rotatable bonds is 7. The number of fused-ring (bicyclic) bond motifs is 1. The molecule has 0 amide bonds. The fourth-order valence-corrected chi connectivity index (χ4v) is 3.25. The van der Waals surface area contributed by atoms with Gasteiger partial charge in [-0.25, -0.2) is 0 Å². The highest BCUT2D eigenvalue weighted by atomic mass is 16.5. The molecule has 4 heteroatoms. The van der Waals surface area contributed by atoms with Crippen molar-refractivity contribution in [1.29, 1.82) is 0 Å². The lowest BCUT2D eigenvalue weighted by molar-refractivity contribution is 0.318. The summed E-state index contributed by atoms with van der Waals surface area (Å²) in [5.74, 6) is 0.695. The Morgan fingerprint density at radius 2 is 2.00 bits per heavy atom. The summed E-state index contributed by atoms with van der Waals surface area (Å²) in [6.45, 7) is 5.32. The molecule has 0 saturated heterocycles. The van der Waals surface area contributed by atoms with Crippen LogP contribution in [0, 0.1) is 0 Å². The maximum atomic E-state index is 10.2. The summed E-state index contributed by atoms with van der Waals surface area (Å²) in [5, 5.41) is 11.4. The van der Waals surface area contributed by atoms with E-state index in [4.69, 9.17) is 4.74 Å². The average molecular weight is 348 g/mol. The molecule has 26 heavy (non-hydrogen) atoms. The molecular weight excluding hydrogens is 324 g/mol. The van der Waals surface area contributed by atoms with E-state index in [9.17, 15) is 5.11 Å². The van der Waals surface area contributed by atoms with Crippen molar-refractivity contribution in [3.63, 3.8) is 0 Å². The Morgan fingerprint density at radius 3 is 2.77 bits per heavy atom. The van der Waals surface area contributed by atoms with Crippen LogP contribution in [0.2, 0.25) is 0 Å². The molecule has 4 nitrogen and oxygen atoms in total. The van der Waals surface area contributed by atoms with Crippen LogP contribution in [0.3, 0.4) is 0 Å². The molecule has 0 saturated carbocycles. The maximum absolute atomic E-state index is 10.2. The molecule has 2 aromatic carbocycles. The number of nitrogens with zero attached hydrogens (tertiary/aromatic N) is 2. The Kier molecular flexibility index (Phi) is 5.54. The molecule has 3 aromatic rings. The second kappa shape index (κ2) is 8.02. The van der Waals surface area contributed by atoms with E-state index in [2.05, 4.69) is 35.6 Å².